The molecule has 4 aromatic rings. The smallest absolute Gasteiger partial charge is 0.231 e. The molecule has 0 amide bonds. The van der Waals surface area contributed by atoms with Gasteiger partial charge in [0.05, 0.1) is 0 Å². The minimum Gasteiger partial charge on any atom is -0.454 e. The van der Waals surface area contributed by atoms with Gasteiger partial charge in [0.2, 0.25) is 13.6 Å². The van der Waals surface area contributed by atoms with E-state index in [1.807, 2.05) is 84.9 Å². The number of benzene rings is 4. The maximum absolute atomic E-state index is 13.6. The summed E-state index contributed by atoms with van der Waals surface area (Å²) in [7, 11) is 0. The van der Waals surface area contributed by atoms with Gasteiger partial charge >= 0.3 is 0 Å². The Morgan fingerprint density at radius 1 is 0.543 bits per heavy atom. The molecule has 7 rings (SSSR count). The summed E-state index contributed by atoms with van der Waals surface area (Å²) in [5, 5.41) is 0. The van der Waals surface area contributed by atoms with Gasteiger partial charge in [-0.3, -0.25) is 19.4 Å². The Bertz CT molecular complexity index is 1610. The third-order valence-corrected chi connectivity index (χ3v) is 9.94. The predicted octanol–water partition coefficient (Wildman–Crippen LogP) is 7.62. The quantitative estimate of drug-likeness (QED) is 0.154. The fourth-order valence-corrected chi connectivity index (χ4v) is 6.90. The molecule has 8 nitrogen and oxygen atoms in total. The number of hydrogen-bond donors (Lipinski definition) is 0. The van der Waals surface area contributed by atoms with Crippen molar-refractivity contribution in [1.82, 2.24) is 9.80 Å². The second-order valence-corrected chi connectivity index (χ2v) is 13.4. The number of nitrogens with zero attached hydrogens (tertiary/aromatic N) is 2. The molecule has 0 bridgehead atoms. The summed E-state index contributed by atoms with van der Waals surface area (Å²) in [5.41, 5.74) is 3.39. The molecule has 1 saturated heterocycles. The fourth-order valence-electron chi connectivity index (χ4n) is 6.38. The van der Waals surface area contributed by atoms with Gasteiger partial charge in [-0.15, -0.1) is 0 Å². The molecule has 2 atom stereocenters. The van der Waals surface area contributed by atoms with E-state index in [2.05, 4.69) is 41.7 Å². The number of hydrogen-bond acceptors (Lipinski definition) is 8. The highest BCUT2D eigenvalue weighted by molar-refractivity contribution is 9.10. The summed E-state index contributed by atoms with van der Waals surface area (Å²) in [6.45, 7) is 3.28. The van der Waals surface area contributed by atoms with Gasteiger partial charge in [0.15, 0.2) is 34.6 Å². The van der Waals surface area contributed by atoms with Gasteiger partial charge in [-0.25, -0.2) is 0 Å². The van der Waals surface area contributed by atoms with Crippen LogP contribution in [0.15, 0.2) is 93.9 Å². The number of halogens is 2. The molecule has 46 heavy (non-hydrogen) atoms. The molecule has 3 heterocycles. The first-order valence-corrected chi connectivity index (χ1v) is 16.8. The molecule has 0 saturated carbocycles. The number of carbonyl (C=O) groups is 2. The van der Waals surface area contributed by atoms with Gasteiger partial charge in [-0.05, 0) is 59.7 Å². The summed E-state index contributed by atoms with van der Waals surface area (Å²) in [6.07, 6.45) is 0.657. The van der Waals surface area contributed by atoms with E-state index in [1.54, 1.807) is 0 Å². The summed E-state index contributed by atoms with van der Waals surface area (Å²) >= 11 is 6.93. The summed E-state index contributed by atoms with van der Waals surface area (Å²) in [5.74, 6) is 2.99. The van der Waals surface area contributed by atoms with Crippen LogP contribution >= 0.6 is 31.9 Å². The average molecular weight is 748 g/mol. The van der Waals surface area contributed by atoms with Gasteiger partial charge in [0.1, 0.15) is 0 Å². The lowest BCUT2D eigenvalue weighted by molar-refractivity contribution is 0.0557. The number of fused-ring (bicyclic) bond motifs is 2. The van der Waals surface area contributed by atoms with Crippen LogP contribution in [-0.4, -0.2) is 61.1 Å². The van der Waals surface area contributed by atoms with E-state index in [0.29, 0.717) is 47.0 Å². The second-order valence-electron chi connectivity index (χ2n) is 11.6. The van der Waals surface area contributed by atoms with Crippen molar-refractivity contribution in [3.63, 3.8) is 0 Å². The van der Waals surface area contributed by atoms with Crippen molar-refractivity contribution in [2.24, 2.45) is 0 Å². The molecule has 4 aromatic carbocycles. The van der Waals surface area contributed by atoms with E-state index in [4.69, 9.17) is 18.9 Å². The lowest BCUT2D eigenvalue weighted by Crippen LogP contribution is -2.49. The molecule has 3 aliphatic rings. The van der Waals surface area contributed by atoms with Crippen LogP contribution in [0.4, 0.5) is 0 Å². The molecule has 0 radical (unpaired) electrons. The maximum Gasteiger partial charge on any atom is 0.231 e. The molecular formula is C36H32Br2N2O6. The molecule has 0 aromatic heterocycles. The van der Waals surface area contributed by atoms with Crippen molar-refractivity contribution in [3.05, 3.63) is 116 Å². The molecular weight excluding hydrogens is 716 g/mol. The van der Waals surface area contributed by atoms with Crippen molar-refractivity contribution < 1.29 is 28.5 Å². The van der Waals surface area contributed by atoms with Gasteiger partial charge in [-0.1, -0.05) is 68.3 Å². The van der Waals surface area contributed by atoms with Crippen molar-refractivity contribution in [2.45, 2.75) is 24.9 Å². The summed E-state index contributed by atoms with van der Waals surface area (Å²) < 4.78 is 24.4. The maximum atomic E-state index is 13.6. The lowest BCUT2D eigenvalue weighted by atomic mass is 9.94. The highest BCUT2D eigenvalue weighted by atomic mass is 79.9. The first-order valence-electron chi connectivity index (χ1n) is 15.3. The molecule has 0 N–H and O–H groups in total. The SMILES string of the molecule is O=C(C[C@H](c1ccc2c(c1)OCO2)N1CCN([C@@H](CC(=O)c2ccc(Br)cc2)c2ccc3c(c2)OCO3)CC1)c1ccc(Br)cc1. The van der Waals surface area contributed by atoms with E-state index < -0.39 is 0 Å². The Balaban J connectivity index is 1.13. The number of carbonyl (C=O) groups excluding carboxylic acids is 2. The van der Waals surface area contributed by atoms with Crippen molar-refractivity contribution in [1.29, 1.82) is 0 Å². The van der Waals surface area contributed by atoms with Crippen LogP contribution in [0, 0.1) is 0 Å². The average Bonchev–Trinajstić information content (AvgIpc) is 3.76. The van der Waals surface area contributed by atoms with Crippen LogP contribution in [0.3, 0.4) is 0 Å². The van der Waals surface area contributed by atoms with Crippen LogP contribution in [0.1, 0.15) is 56.8 Å². The Morgan fingerprint density at radius 2 is 0.913 bits per heavy atom. The standard InChI is InChI=1S/C36H32Br2N2O6/c37-27-7-1-23(2-8-27)31(41)19-29(25-5-11-33-35(17-25)45-21-43-33)39-13-15-40(16-14-39)30(20-32(42)24-3-9-28(38)10-4-24)26-6-12-34-36(18-26)46-22-44-34/h1-12,17-18,29-30H,13-16,19-22H2/t29-,30+. The zero-order chi connectivity index (χ0) is 31.6. The number of ether oxygens (including phenoxy) is 4. The number of Topliss-reactive ketones (excluding diaryl/α,β-unsaturated/α-hetero) is 2. The highest BCUT2D eigenvalue weighted by Gasteiger charge is 2.33. The van der Waals surface area contributed by atoms with Crippen LogP contribution in [-0.2, 0) is 0 Å². The van der Waals surface area contributed by atoms with E-state index in [1.165, 1.54) is 0 Å². The van der Waals surface area contributed by atoms with Gasteiger partial charge in [-0.2, -0.15) is 0 Å². The van der Waals surface area contributed by atoms with Gasteiger partial charge < -0.3 is 18.9 Å². The molecule has 0 unspecified atom stereocenters. The number of rotatable bonds is 10. The first-order chi connectivity index (χ1) is 22.4. The Hall–Kier alpha value is -3.70. The fraction of sp³-hybridized carbons (Fsp3) is 0.278. The molecule has 0 spiro atoms. The Kier molecular flexibility index (Phi) is 9.13. The highest BCUT2D eigenvalue weighted by Crippen LogP contribution is 2.40. The lowest BCUT2D eigenvalue weighted by Gasteiger charge is -2.42. The molecule has 236 valence electrons. The zero-order valence-electron chi connectivity index (χ0n) is 25.0. The van der Waals surface area contributed by atoms with E-state index in [9.17, 15) is 9.59 Å². The van der Waals surface area contributed by atoms with Crippen molar-refractivity contribution >= 4 is 43.4 Å². The molecule has 0 aliphatic carbocycles. The largest absolute Gasteiger partial charge is 0.454 e. The van der Waals surface area contributed by atoms with Crippen molar-refractivity contribution in [3.8, 4) is 23.0 Å². The second kappa shape index (κ2) is 13.6. The van der Waals surface area contributed by atoms with Crippen molar-refractivity contribution in [2.75, 3.05) is 39.8 Å². The van der Waals surface area contributed by atoms with Crippen LogP contribution in [0.25, 0.3) is 0 Å². The third kappa shape index (κ3) is 6.71. The predicted molar refractivity (Wildman–Crippen MR) is 180 cm³/mol. The van der Waals surface area contributed by atoms with E-state index in [-0.39, 0.29) is 37.2 Å². The molecule has 1 fully saturated rings. The van der Waals surface area contributed by atoms with E-state index in [0.717, 1.165) is 46.3 Å². The van der Waals surface area contributed by atoms with Crippen LogP contribution in [0.2, 0.25) is 0 Å². The Morgan fingerprint density at radius 3 is 1.30 bits per heavy atom. The molecule has 10 heteroatoms. The summed E-state index contributed by atoms with van der Waals surface area (Å²) in [4.78, 5) is 31.9. The minimum atomic E-state index is -0.152. The van der Waals surface area contributed by atoms with Crippen LogP contribution in [0.5, 0.6) is 23.0 Å². The minimum absolute atomic E-state index is 0.0796. The zero-order valence-corrected chi connectivity index (χ0v) is 28.2. The number of piperazine rings is 1. The van der Waals surface area contributed by atoms with Crippen LogP contribution < -0.4 is 18.9 Å². The third-order valence-electron chi connectivity index (χ3n) is 8.88. The summed E-state index contributed by atoms with van der Waals surface area (Å²) in [6, 6.07) is 26.6. The molecule has 3 aliphatic heterocycles. The monoisotopic (exact) mass is 746 g/mol. The Labute approximate surface area is 284 Å². The van der Waals surface area contributed by atoms with Gasteiger partial charge in [0.25, 0.3) is 0 Å². The van der Waals surface area contributed by atoms with E-state index >= 15 is 0 Å². The van der Waals surface area contributed by atoms with Gasteiger partial charge in [0, 0.05) is 71.2 Å². The normalized spacial score (nSPS) is 17.1. The number of ketones is 2. The first kappa shape index (κ1) is 30.9. The topological polar surface area (TPSA) is 77.5 Å².